The minimum atomic E-state index is -0.337. The van der Waals surface area contributed by atoms with Gasteiger partial charge in [0.15, 0.2) is 11.5 Å². The van der Waals surface area contributed by atoms with Crippen molar-refractivity contribution >= 4 is 38.1 Å². The van der Waals surface area contributed by atoms with Crippen molar-refractivity contribution in [1.29, 1.82) is 0 Å². The van der Waals surface area contributed by atoms with Crippen LogP contribution in [0.2, 0.25) is 0 Å². The summed E-state index contributed by atoms with van der Waals surface area (Å²) in [5.41, 5.74) is 3.42. The first-order chi connectivity index (χ1) is 15.7. The van der Waals surface area contributed by atoms with Crippen molar-refractivity contribution in [2.24, 2.45) is 0 Å². The SMILES string of the molecule is Fc1ccc2ncn(-c3ncc4nc(-c5ccc(Br)cn5)n(C5CCOCC5)c4n3)c2c1. The molecular formula is C22H17BrFN7O. The third-order valence-corrected chi connectivity index (χ3v) is 6.13. The summed E-state index contributed by atoms with van der Waals surface area (Å²) in [6.07, 6.45) is 6.77. The number of imidazole rings is 2. The summed E-state index contributed by atoms with van der Waals surface area (Å²) in [6, 6.07) is 8.52. The number of fused-ring (bicyclic) bond motifs is 2. The van der Waals surface area contributed by atoms with E-state index in [2.05, 4.69) is 35.4 Å². The molecule has 0 N–H and O–H groups in total. The Morgan fingerprint density at radius 1 is 0.969 bits per heavy atom. The summed E-state index contributed by atoms with van der Waals surface area (Å²) in [5, 5.41) is 0. The van der Waals surface area contributed by atoms with Crippen molar-refractivity contribution in [2.75, 3.05) is 13.2 Å². The van der Waals surface area contributed by atoms with Crippen LogP contribution in [0.4, 0.5) is 4.39 Å². The van der Waals surface area contributed by atoms with Crippen LogP contribution in [0.15, 0.2) is 53.5 Å². The highest BCUT2D eigenvalue weighted by Gasteiger charge is 2.25. The molecule has 0 atom stereocenters. The predicted octanol–water partition coefficient (Wildman–Crippen LogP) is 4.48. The van der Waals surface area contributed by atoms with Gasteiger partial charge in [-0.25, -0.2) is 19.3 Å². The molecule has 1 aromatic carbocycles. The molecule has 1 fully saturated rings. The van der Waals surface area contributed by atoms with Gasteiger partial charge < -0.3 is 9.30 Å². The van der Waals surface area contributed by atoms with E-state index in [1.807, 2.05) is 12.1 Å². The number of hydrogen-bond donors (Lipinski definition) is 0. The summed E-state index contributed by atoms with van der Waals surface area (Å²) < 4.78 is 24.2. The van der Waals surface area contributed by atoms with Crippen LogP contribution >= 0.6 is 15.9 Å². The summed E-state index contributed by atoms with van der Waals surface area (Å²) in [4.78, 5) is 23.1. The average Bonchev–Trinajstić information content (AvgIpc) is 3.41. The second kappa shape index (κ2) is 7.72. The minimum absolute atomic E-state index is 0.175. The van der Waals surface area contributed by atoms with Gasteiger partial charge in [-0.2, -0.15) is 4.98 Å². The Bertz CT molecular complexity index is 1440. The van der Waals surface area contributed by atoms with Gasteiger partial charge in [-0.15, -0.1) is 0 Å². The fraction of sp³-hybridized carbons (Fsp3) is 0.227. The minimum Gasteiger partial charge on any atom is -0.381 e. The van der Waals surface area contributed by atoms with Crippen LogP contribution < -0.4 is 0 Å². The number of pyridine rings is 1. The first-order valence-electron chi connectivity index (χ1n) is 10.2. The van der Waals surface area contributed by atoms with Gasteiger partial charge >= 0.3 is 0 Å². The van der Waals surface area contributed by atoms with Gasteiger partial charge in [-0.3, -0.25) is 9.55 Å². The molecule has 0 radical (unpaired) electrons. The zero-order valence-corrected chi connectivity index (χ0v) is 18.4. The normalized spacial score (nSPS) is 15.1. The summed E-state index contributed by atoms with van der Waals surface area (Å²) >= 11 is 3.44. The molecule has 0 unspecified atom stereocenters. The van der Waals surface area contributed by atoms with Gasteiger partial charge in [0.1, 0.15) is 23.4 Å². The van der Waals surface area contributed by atoms with Crippen LogP contribution in [0.3, 0.4) is 0 Å². The van der Waals surface area contributed by atoms with Crippen LogP contribution in [0.1, 0.15) is 18.9 Å². The maximum absolute atomic E-state index is 13.9. The average molecular weight is 494 g/mol. The van der Waals surface area contributed by atoms with Crippen LogP contribution in [-0.4, -0.2) is 47.3 Å². The van der Waals surface area contributed by atoms with Crippen molar-refractivity contribution < 1.29 is 9.13 Å². The van der Waals surface area contributed by atoms with E-state index in [4.69, 9.17) is 14.7 Å². The lowest BCUT2D eigenvalue weighted by atomic mass is 10.1. The van der Waals surface area contributed by atoms with Crippen LogP contribution in [0.5, 0.6) is 0 Å². The molecule has 6 rings (SSSR count). The maximum atomic E-state index is 13.9. The van der Waals surface area contributed by atoms with E-state index in [-0.39, 0.29) is 11.9 Å². The molecular weight excluding hydrogens is 477 g/mol. The predicted molar refractivity (Wildman–Crippen MR) is 120 cm³/mol. The molecule has 0 spiro atoms. The molecule has 5 aromatic rings. The number of rotatable bonds is 3. The molecule has 0 bridgehead atoms. The fourth-order valence-corrected chi connectivity index (χ4v) is 4.35. The molecule has 160 valence electrons. The molecule has 5 heterocycles. The Labute approximate surface area is 190 Å². The number of ether oxygens (including phenoxy) is 1. The van der Waals surface area contributed by atoms with Crippen molar-refractivity contribution in [3.8, 4) is 17.5 Å². The van der Waals surface area contributed by atoms with Crippen LogP contribution in [0, 0.1) is 5.82 Å². The molecule has 32 heavy (non-hydrogen) atoms. The second-order valence-corrected chi connectivity index (χ2v) is 8.55. The van der Waals surface area contributed by atoms with E-state index >= 15 is 0 Å². The van der Waals surface area contributed by atoms with E-state index in [1.165, 1.54) is 12.1 Å². The zero-order valence-electron chi connectivity index (χ0n) is 16.8. The molecule has 8 nitrogen and oxygen atoms in total. The monoisotopic (exact) mass is 493 g/mol. The quantitative estimate of drug-likeness (QED) is 0.368. The van der Waals surface area contributed by atoms with Gasteiger partial charge in [0, 0.05) is 36.0 Å². The lowest BCUT2D eigenvalue weighted by molar-refractivity contribution is 0.0708. The van der Waals surface area contributed by atoms with E-state index < -0.39 is 0 Å². The molecule has 0 amide bonds. The number of aromatic nitrogens is 7. The van der Waals surface area contributed by atoms with Crippen LogP contribution in [-0.2, 0) is 4.74 Å². The second-order valence-electron chi connectivity index (χ2n) is 7.64. The Balaban J connectivity index is 1.56. The van der Waals surface area contributed by atoms with Crippen molar-refractivity contribution in [2.45, 2.75) is 18.9 Å². The highest BCUT2D eigenvalue weighted by molar-refractivity contribution is 9.10. The first-order valence-corrected chi connectivity index (χ1v) is 11.0. The highest BCUT2D eigenvalue weighted by atomic mass is 79.9. The molecule has 1 aliphatic rings. The van der Waals surface area contributed by atoms with E-state index in [1.54, 1.807) is 29.4 Å². The number of benzene rings is 1. The Hall–Kier alpha value is -3.24. The topological polar surface area (TPSA) is 83.5 Å². The summed E-state index contributed by atoms with van der Waals surface area (Å²) in [5.74, 6) is 0.817. The molecule has 10 heteroatoms. The lowest BCUT2D eigenvalue weighted by Crippen LogP contribution is -2.21. The number of nitrogens with zero attached hydrogens (tertiary/aromatic N) is 7. The summed E-state index contributed by atoms with van der Waals surface area (Å²) in [7, 11) is 0. The van der Waals surface area contributed by atoms with Gasteiger partial charge in [-0.05, 0) is 53.0 Å². The first kappa shape index (κ1) is 19.4. The van der Waals surface area contributed by atoms with Gasteiger partial charge in [0.05, 0.1) is 17.2 Å². The van der Waals surface area contributed by atoms with E-state index in [9.17, 15) is 4.39 Å². The highest BCUT2D eigenvalue weighted by Crippen LogP contribution is 2.32. The van der Waals surface area contributed by atoms with Gasteiger partial charge in [0.25, 0.3) is 0 Å². The number of hydrogen-bond acceptors (Lipinski definition) is 6. The third kappa shape index (κ3) is 3.26. The smallest absolute Gasteiger partial charge is 0.237 e. The van der Waals surface area contributed by atoms with Crippen LogP contribution in [0.25, 0.3) is 39.7 Å². The van der Waals surface area contributed by atoms with Crippen molar-refractivity contribution in [1.82, 2.24) is 34.1 Å². The largest absolute Gasteiger partial charge is 0.381 e. The standard InChI is InChI=1S/C22H17BrFN7O/c23-13-1-3-17(25-10-13)20-28-18-11-26-22(29-21(18)31(20)15-5-7-32-8-6-15)30-12-27-16-4-2-14(24)9-19(16)30/h1-4,9-12,15H,5-8H2. The molecule has 4 aromatic heterocycles. The van der Waals surface area contributed by atoms with Gasteiger partial charge in [0.2, 0.25) is 5.95 Å². The van der Waals surface area contributed by atoms with Crippen molar-refractivity contribution in [3.63, 3.8) is 0 Å². The summed E-state index contributed by atoms with van der Waals surface area (Å²) in [6.45, 7) is 1.36. The Morgan fingerprint density at radius 2 is 1.84 bits per heavy atom. The Kier molecular flexibility index (Phi) is 4.69. The molecule has 1 aliphatic heterocycles. The fourth-order valence-electron chi connectivity index (χ4n) is 4.12. The van der Waals surface area contributed by atoms with Gasteiger partial charge in [-0.1, -0.05) is 0 Å². The molecule has 1 saturated heterocycles. The molecule has 0 saturated carbocycles. The maximum Gasteiger partial charge on any atom is 0.237 e. The van der Waals surface area contributed by atoms with Crippen molar-refractivity contribution in [3.05, 3.63) is 59.3 Å². The number of halogens is 2. The lowest BCUT2D eigenvalue weighted by Gasteiger charge is -2.25. The molecule has 0 aliphatic carbocycles. The third-order valence-electron chi connectivity index (χ3n) is 5.66. The van der Waals surface area contributed by atoms with E-state index in [0.29, 0.717) is 41.4 Å². The zero-order chi connectivity index (χ0) is 21.7. The van der Waals surface area contributed by atoms with E-state index in [0.717, 1.165) is 28.8 Å². The Morgan fingerprint density at radius 3 is 2.66 bits per heavy atom.